The summed E-state index contributed by atoms with van der Waals surface area (Å²) in [6.07, 6.45) is 50.9. The molecule has 6 unspecified atom stereocenters. The number of hydrogen-bond donors (Lipinski definition) is 3. The van der Waals surface area contributed by atoms with E-state index in [-0.39, 0.29) is 25.9 Å². The van der Waals surface area contributed by atoms with Gasteiger partial charge in [-0.05, 0) is 109 Å². The van der Waals surface area contributed by atoms with Gasteiger partial charge in [-0.3, -0.25) is 14.4 Å². The topological polar surface area (TPSA) is 175 Å². The van der Waals surface area contributed by atoms with Gasteiger partial charge in [-0.15, -0.1) is 0 Å². The standard InChI is InChI=1S/C61H98O12/c1-4-7-10-13-16-19-22-25-26-27-28-31-32-35-38-41-44-47-53(62)69-50-52(71-54(63)48-45-42-39-36-33-29-23-20-17-14-11-8-5-2)51-70-61-59(57(66)56(65)58(73-61)60(67)68)72-55(64)49-46-43-40-37-34-30-24-21-18-15-12-9-6-3/h7,10-12,14-16,19-21,23-26,28,31,52,56-59,61,65-66H,4-6,8-9,13,17-18,22,27,29-30,32-51H2,1-3H3,(H,67,68)/b10-7-,14-11-,15-12-,19-16-,23-20-,24-21-,26-25-,31-28-. The number of aliphatic hydroxyl groups excluding tert-OH is 2. The largest absolute Gasteiger partial charge is 0.479 e. The molecule has 0 spiro atoms. The first kappa shape index (κ1) is 66.7. The number of ether oxygens (including phenoxy) is 5. The van der Waals surface area contributed by atoms with Gasteiger partial charge in [-0.25, -0.2) is 4.79 Å². The monoisotopic (exact) mass is 1020 g/mol. The molecular formula is C61H98O12. The maximum atomic E-state index is 13.1. The molecule has 1 aliphatic heterocycles. The molecule has 73 heavy (non-hydrogen) atoms. The fourth-order valence-electron chi connectivity index (χ4n) is 7.79. The third-order valence-electron chi connectivity index (χ3n) is 12.1. The highest BCUT2D eigenvalue weighted by Crippen LogP contribution is 2.26. The van der Waals surface area contributed by atoms with Crippen molar-refractivity contribution in [3.63, 3.8) is 0 Å². The van der Waals surface area contributed by atoms with Crippen molar-refractivity contribution in [2.45, 2.75) is 250 Å². The Kier molecular flexibility index (Phi) is 44.4. The highest BCUT2D eigenvalue weighted by Gasteiger charge is 2.50. The number of unbranched alkanes of at least 4 members (excludes halogenated alkanes) is 16. The number of rotatable bonds is 46. The van der Waals surface area contributed by atoms with Crippen molar-refractivity contribution >= 4 is 23.9 Å². The smallest absolute Gasteiger partial charge is 0.335 e. The van der Waals surface area contributed by atoms with E-state index in [1.165, 1.54) is 0 Å². The van der Waals surface area contributed by atoms with Gasteiger partial charge in [0, 0.05) is 19.3 Å². The number of aliphatic hydroxyl groups is 2. The molecule has 1 saturated heterocycles. The number of carboxylic acids is 1. The van der Waals surface area contributed by atoms with Crippen LogP contribution in [0, 0.1) is 0 Å². The van der Waals surface area contributed by atoms with Crippen LogP contribution in [0.5, 0.6) is 0 Å². The first-order valence-corrected chi connectivity index (χ1v) is 28.2. The first-order valence-electron chi connectivity index (χ1n) is 28.2. The molecule has 0 aromatic heterocycles. The minimum Gasteiger partial charge on any atom is -0.479 e. The lowest BCUT2D eigenvalue weighted by Gasteiger charge is -2.40. The molecule has 1 aliphatic rings. The molecule has 0 radical (unpaired) electrons. The van der Waals surface area contributed by atoms with Crippen molar-refractivity contribution in [2.75, 3.05) is 13.2 Å². The number of carbonyl (C=O) groups is 4. The Bertz CT molecular complexity index is 1640. The minimum absolute atomic E-state index is 0.0356. The predicted molar refractivity (Wildman–Crippen MR) is 294 cm³/mol. The number of allylic oxidation sites excluding steroid dienone is 16. The quantitative estimate of drug-likeness (QED) is 0.0228. The molecule has 1 heterocycles. The van der Waals surface area contributed by atoms with E-state index in [1.807, 2.05) is 0 Å². The van der Waals surface area contributed by atoms with Crippen LogP contribution in [0.2, 0.25) is 0 Å². The van der Waals surface area contributed by atoms with Crippen molar-refractivity contribution in [1.29, 1.82) is 0 Å². The van der Waals surface area contributed by atoms with Gasteiger partial charge in [-0.2, -0.15) is 0 Å². The van der Waals surface area contributed by atoms with E-state index < -0.39 is 67.3 Å². The third kappa shape index (κ3) is 38.8. The van der Waals surface area contributed by atoms with Crippen LogP contribution in [-0.2, 0) is 42.9 Å². The van der Waals surface area contributed by atoms with Gasteiger partial charge in [-0.1, -0.05) is 182 Å². The van der Waals surface area contributed by atoms with Crippen molar-refractivity contribution in [3.05, 3.63) is 97.2 Å². The van der Waals surface area contributed by atoms with Crippen LogP contribution in [0.4, 0.5) is 0 Å². The maximum Gasteiger partial charge on any atom is 0.335 e. The van der Waals surface area contributed by atoms with Crippen LogP contribution >= 0.6 is 0 Å². The summed E-state index contributed by atoms with van der Waals surface area (Å²) in [5.41, 5.74) is 0. The second kappa shape index (κ2) is 48.6. The van der Waals surface area contributed by atoms with Gasteiger partial charge in [0.15, 0.2) is 24.6 Å². The Morgan fingerprint density at radius 2 is 0.863 bits per heavy atom. The van der Waals surface area contributed by atoms with Crippen molar-refractivity contribution in [3.8, 4) is 0 Å². The number of aliphatic carboxylic acids is 1. The predicted octanol–water partition coefficient (Wildman–Crippen LogP) is 14.1. The van der Waals surface area contributed by atoms with Crippen molar-refractivity contribution in [1.82, 2.24) is 0 Å². The lowest BCUT2D eigenvalue weighted by atomic mass is 9.98. The number of carbonyl (C=O) groups excluding carboxylic acids is 3. The summed E-state index contributed by atoms with van der Waals surface area (Å²) in [5.74, 6) is -3.20. The highest BCUT2D eigenvalue weighted by atomic mass is 16.7. The summed E-state index contributed by atoms with van der Waals surface area (Å²) >= 11 is 0. The number of hydrogen-bond acceptors (Lipinski definition) is 11. The van der Waals surface area contributed by atoms with E-state index >= 15 is 0 Å². The van der Waals surface area contributed by atoms with Crippen LogP contribution in [0.3, 0.4) is 0 Å². The van der Waals surface area contributed by atoms with E-state index in [0.29, 0.717) is 19.3 Å². The van der Waals surface area contributed by atoms with E-state index in [0.717, 1.165) is 154 Å². The zero-order valence-corrected chi connectivity index (χ0v) is 45.3. The number of esters is 3. The molecule has 1 fully saturated rings. The summed E-state index contributed by atoms with van der Waals surface area (Å²) in [5, 5.41) is 31.4. The molecule has 3 N–H and O–H groups in total. The molecule has 12 nitrogen and oxygen atoms in total. The van der Waals surface area contributed by atoms with Crippen molar-refractivity contribution in [2.24, 2.45) is 0 Å². The van der Waals surface area contributed by atoms with Crippen LogP contribution in [0.15, 0.2) is 97.2 Å². The molecule has 0 bridgehead atoms. The van der Waals surface area contributed by atoms with Crippen LogP contribution in [-0.4, -0.2) is 89.2 Å². The second-order valence-electron chi connectivity index (χ2n) is 18.8. The van der Waals surface area contributed by atoms with Gasteiger partial charge in [0.1, 0.15) is 18.8 Å². The molecule has 414 valence electrons. The zero-order chi connectivity index (χ0) is 53.3. The Balaban J connectivity index is 2.74. The van der Waals surface area contributed by atoms with Gasteiger partial charge >= 0.3 is 23.9 Å². The average molecular weight is 1020 g/mol. The Morgan fingerprint density at radius 3 is 1.32 bits per heavy atom. The molecule has 1 rings (SSSR count). The van der Waals surface area contributed by atoms with E-state index in [9.17, 15) is 34.5 Å². The minimum atomic E-state index is -1.92. The maximum absolute atomic E-state index is 13.1. The second-order valence-corrected chi connectivity index (χ2v) is 18.8. The fourth-order valence-corrected chi connectivity index (χ4v) is 7.79. The molecule has 0 amide bonds. The summed E-state index contributed by atoms with van der Waals surface area (Å²) < 4.78 is 28.3. The van der Waals surface area contributed by atoms with Crippen LogP contribution in [0.25, 0.3) is 0 Å². The summed E-state index contributed by atoms with van der Waals surface area (Å²) in [6.45, 7) is 5.69. The normalized spacial score (nSPS) is 19.1. The summed E-state index contributed by atoms with van der Waals surface area (Å²) in [7, 11) is 0. The Hall–Kier alpha value is -4.36. The molecular weight excluding hydrogens is 925 g/mol. The third-order valence-corrected chi connectivity index (χ3v) is 12.1. The highest BCUT2D eigenvalue weighted by molar-refractivity contribution is 5.74. The first-order chi connectivity index (χ1) is 35.6. The molecule has 0 aromatic carbocycles. The Labute approximate surface area is 441 Å². The zero-order valence-electron chi connectivity index (χ0n) is 45.3. The van der Waals surface area contributed by atoms with Crippen LogP contribution in [0.1, 0.15) is 213 Å². The lowest BCUT2D eigenvalue weighted by Crippen LogP contribution is -2.61. The molecule has 12 heteroatoms. The lowest BCUT2D eigenvalue weighted by molar-refractivity contribution is -0.301. The van der Waals surface area contributed by atoms with Gasteiger partial charge < -0.3 is 39.0 Å². The fraction of sp³-hybridized carbons (Fsp3) is 0.672. The summed E-state index contributed by atoms with van der Waals surface area (Å²) in [4.78, 5) is 51.0. The van der Waals surface area contributed by atoms with E-state index in [1.54, 1.807) is 0 Å². The van der Waals surface area contributed by atoms with Gasteiger partial charge in [0.2, 0.25) is 0 Å². The van der Waals surface area contributed by atoms with Gasteiger partial charge in [0.25, 0.3) is 0 Å². The number of carboxylic acid groups (broad SMARTS) is 1. The Morgan fingerprint density at radius 1 is 0.466 bits per heavy atom. The summed E-state index contributed by atoms with van der Waals surface area (Å²) in [6, 6.07) is 0. The van der Waals surface area contributed by atoms with E-state index in [2.05, 4.69) is 118 Å². The molecule has 0 saturated carbocycles. The molecule has 0 aliphatic carbocycles. The van der Waals surface area contributed by atoms with Crippen LogP contribution < -0.4 is 0 Å². The van der Waals surface area contributed by atoms with Crippen molar-refractivity contribution < 1.29 is 58.2 Å². The molecule has 6 atom stereocenters. The van der Waals surface area contributed by atoms with E-state index in [4.69, 9.17) is 23.7 Å². The average Bonchev–Trinajstić information content (AvgIpc) is 3.37. The SMILES string of the molecule is CC/C=C\C/C=C\C/C=C\C/C=C\CCCCCCC(=O)OCC(COC1OC(C(=O)O)C(O)C(O)C1OC(=O)CCCCCCC/C=C\C/C=C\CCC)OC(=O)CCCCCCC/C=C\C/C=C\CCC. The van der Waals surface area contributed by atoms with Gasteiger partial charge in [0.05, 0.1) is 6.61 Å². The molecule has 0 aromatic rings.